The van der Waals surface area contributed by atoms with E-state index >= 15 is 0 Å². The highest BCUT2D eigenvalue weighted by atomic mass is 16.5. The van der Waals surface area contributed by atoms with Gasteiger partial charge in [-0.15, -0.1) is 0 Å². The van der Waals surface area contributed by atoms with Gasteiger partial charge in [0.05, 0.1) is 47.5 Å². The molecule has 0 saturated heterocycles. The number of H-pyrrole nitrogens is 3. The van der Waals surface area contributed by atoms with Crippen LogP contribution in [0.1, 0.15) is 66.5 Å². The molecule has 0 aliphatic rings. The standard InChI is InChI=1S/C38H47N5O7/c1-6-23-24(7-2)31-20-39-29-18-33(50-16-10-15-46)32(49-5)19-30(29)42-38(48)35-22(4)26(12-9-14-45)36(43-35)37(47)34-21(3)25(11-8-13-44)28(41-34)17-27(23)40-31/h17-20,40-41,43-46H,6-16H2,1-5H3. The Morgan fingerprint density at radius 2 is 1.30 bits per heavy atom. The lowest BCUT2D eigenvalue weighted by Gasteiger charge is -2.10. The number of aryl methyl sites for hydroxylation is 6. The Balaban J connectivity index is 2.03. The Labute approximate surface area is 289 Å². The summed E-state index contributed by atoms with van der Waals surface area (Å²) in [5.74, 6) is 0.732. The zero-order chi connectivity index (χ0) is 35.9. The van der Waals surface area contributed by atoms with Gasteiger partial charge in [-0.3, -0.25) is 14.6 Å². The largest absolute Gasteiger partial charge is 0.493 e. The number of nitrogens with zero attached hydrogens (tertiary/aromatic N) is 2. The lowest BCUT2D eigenvalue weighted by Crippen LogP contribution is -2.06. The summed E-state index contributed by atoms with van der Waals surface area (Å²) in [5, 5.41) is 28.7. The summed E-state index contributed by atoms with van der Waals surface area (Å²) >= 11 is 0. The molecular formula is C38H47N5O7. The number of aliphatic hydroxyl groups is 3. The molecule has 0 aliphatic carbocycles. The van der Waals surface area contributed by atoms with Crippen LogP contribution in [0.25, 0.3) is 44.1 Å². The Morgan fingerprint density at radius 1 is 0.680 bits per heavy atom. The van der Waals surface area contributed by atoms with Gasteiger partial charge in [0.25, 0.3) is 5.56 Å². The van der Waals surface area contributed by atoms with Crippen molar-refractivity contribution in [1.29, 1.82) is 0 Å². The monoisotopic (exact) mass is 685 g/mol. The average Bonchev–Trinajstić information content (AvgIpc) is 3.74. The van der Waals surface area contributed by atoms with Crippen LogP contribution in [0.2, 0.25) is 0 Å². The third-order valence-electron chi connectivity index (χ3n) is 9.28. The maximum Gasteiger partial charge on any atom is 0.294 e. The van der Waals surface area contributed by atoms with E-state index in [9.17, 15) is 24.9 Å². The third-order valence-corrected chi connectivity index (χ3v) is 9.28. The van der Waals surface area contributed by atoms with Gasteiger partial charge in [-0.2, -0.15) is 0 Å². The highest BCUT2D eigenvalue weighted by Crippen LogP contribution is 2.31. The van der Waals surface area contributed by atoms with E-state index in [0.717, 1.165) is 51.6 Å². The summed E-state index contributed by atoms with van der Waals surface area (Å²) < 4.78 is 11.5. The summed E-state index contributed by atoms with van der Waals surface area (Å²) in [7, 11) is 1.49. The number of aromatic amines is 3. The fraction of sp³-hybridized carbons (Fsp3) is 0.421. The highest BCUT2D eigenvalue weighted by Gasteiger charge is 2.17. The Morgan fingerprint density at radius 3 is 1.96 bits per heavy atom. The lowest BCUT2D eigenvalue weighted by atomic mass is 10.0. The number of benzene rings is 1. The van der Waals surface area contributed by atoms with E-state index in [-0.39, 0.29) is 48.4 Å². The van der Waals surface area contributed by atoms with Crippen LogP contribution >= 0.6 is 0 Å². The van der Waals surface area contributed by atoms with Crippen molar-refractivity contribution in [3.05, 3.63) is 78.4 Å². The number of aromatic nitrogens is 5. The minimum absolute atomic E-state index is 0.00822. The minimum Gasteiger partial charge on any atom is -0.493 e. The number of ether oxygens (including phenoxy) is 2. The van der Waals surface area contributed by atoms with E-state index < -0.39 is 5.56 Å². The first-order valence-electron chi connectivity index (χ1n) is 17.2. The van der Waals surface area contributed by atoms with Gasteiger partial charge in [-0.05, 0) is 91.8 Å². The quantitative estimate of drug-likeness (QED) is 0.0943. The smallest absolute Gasteiger partial charge is 0.294 e. The molecule has 0 radical (unpaired) electrons. The van der Waals surface area contributed by atoms with Crippen LogP contribution < -0.4 is 20.5 Å². The van der Waals surface area contributed by atoms with Crippen molar-refractivity contribution in [2.24, 2.45) is 0 Å². The normalized spacial score (nSPS) is 11.4. The number of aliphatic hydroxyl groups excluding tert-OH is 3. The van der Waals surface area contributed by atoms with E-state index in [4.69, 9.17) is 14.5 Å². The Bertz CT molecular complexity index is 2250. The number of fused-ring (bicyclic) bond motifs is 7. The summed E-state index contributed by atoms with van der Waals surface area (Å²) in [5.41, 5.74) is 8.06. The molecule has 5 aromatic rings. The molecule has 12 nitrogen and oxygen atoms in total. The van der Waals surface area contributed by atoms with Gasteiger partial charge < -0.3 is 39.7 Å². The van der Waals surface area contributed by atoms with Crippen LogP contribution in [0.4, 0.5) is 0 Å². The second-order valence-electron chi connectivity index (χ2n) is 12.3. The first kappa shape index (κ1) is 36.5. The third kappa shape index (κ3) is 7.23. The Kier molecular flexibility index (Phi) is 11.9. The molecular weight excluding hydrogens is 638 g/mol. The molecule has 0 saturated carbocycles. The molecule has 0 unspecified atom stereocenters. The number of methoxy groups -OCH3 is 1. The van der Waals surface area contributed by atoms with Crippen molar-refractivity contribution in [2.75, 3.05) is 33.5 Å². The van der Waals surface area contributed by atoms with E-state index in [0.29, 0.717) is 65.8 Å². The van der Waals surface area contributed by atoms with Crippen LogP contribution in [0.3, 0.4) is 0 Å². The molecule has 0 spiro atoms. The Hall–Kier alpha value is -4.78. The van der Waals surface area contributed by atoms with E-state index in [1.807, 2.05) is 13.0 Å². The molecule has 50 heavy (non-hydrogen) atoms. The van der Waals surface area contributed by atoms with Crippen LogP contribution in [0, 0.1) is 13.8 Å². The van der Waals surface area contributed by atoms with Crippen molar-refractivity contribution in [3.63, 3.8) is 0 Å². The van der Waals surface area contributed by atoms with E-state index in [1.54, 1.807) is 25.3 Å². The molecule has 4 aromatic heterocycles. The predicted molar refractivity (Wildman–Crippen MR) is 197 cm³/mol. The number of hydrogen-bond donors (Lipinski definition) is 6. The molecule has 6 N–H and O–H groups in total. The topological polar surface area (TPSA) is 186 Å². The summed E-state index contributed by atoms with van der Waals surface area (Å²) in [6.07, 6.45) is 5.48. The summed E-state index contributed by atoms with van der Waals surface area (Å²) in [6.45, 7) is 7.98. The molecule has 4 heterocycles. The van der Waals surface area contributed by atoms with Crippen molar-refractivity contribution < 1.29 is 24.8 Å². The van der Waals surface area contributed by atoms with Gasteiger partial charge in [0.1, 0.15) is 5.52 Å². The highest BCUT2D eigenvalue weighted by molar-refractivity contribution is 5.82. The molecule has 0 aliphatic heterocycles. The molecule has 12 heteroatoms. The number of hydrogen-bond acceptors (Lipinski definition) is 9. The van der Waals surface area contributed by atoms with Crippen molar-refractivity contribution in [2.45, 2.75) is 72.6 Å². The summed E-state index contributed by atoms with van der Waals surface area (Å²) in [6, 6.07) is 5.27. The second kappa shape index (κ2) is 16.3. The number of rotatable bonds is 13. The van der Waals surface area contributed by atoms with Gasteiger partial charge in [-0.25, -0.2) is 4.98 Å². The molecule has 0 fully saturated rings. The van der Waals surface area contributed by atoms with Crippen LogP contribution in [-0.2, 0) is 25.7 Å². The van der Waals surface area contributed by atoms with E-state index in [2.05, 4.69) is 33.8 Å². The van der Waals surface area contributed by atoms with Gasteiger partial charge in [0.2, 0.25) is 5.43 Å². The average molecular weight is 686 g/mol. The van der Waals surface area contributed by atoms with E-state index in [1.165, 1.54) is 7.11 Å². The maximum atomic E-state index is 14.4. The predicted octanol–water partition coefficient (Wildman–Crippen LogP) is 4.84. The first-order chi connectivity index (χ1) is 24.2. The summed E-state index contributed by atoms with van der Waals surface area (Å²) in [4.78, 5) is 47.8. The van der Waals surface area contributed by atoms with Crippen molar-refractivity contribution >= 4 is 44.1 Å². The number of nitrogens with one attached hydrogen (secondary N) is 3. The van der Waals surface area contributed by atoms with Gasteiger partial charge in [0.15, 0.2) is 11.5 Å². The van der Waals surface area contributed by atoms with Gasteiger partial charge in [0, 0.05) is 49.4 Å². The fourth-order valence-electron chi connectivity index (χ4n) is 6.67. The molecule has 5 rings (SSSR count). The SMILES string of the molecule is CCc1c(CC)c2cc3[nH]c(c(C)c3CCCO)c(=O)c3[nH]c(c(C)c3CCCO)c(=O)nc3cc(OC)c(OCCCO)cc3ncc1[nH]2. The van der Waals surface area contributed by atoms with Crippen molar-refractivity contribution in [1.82, 2.24) is 24.9 Å². The minimum atomic E-state index is -0.603. The zero-order valence-corrected chi connectivity index (χ0v) is 29.5. The van der Waals surface area contributed by atoms with Crippen molar-refractivity contribution in [3.8, 4) is 11.5 Å². The van der Waals surface area contributed by atoms with Gasteiger partial charge >= 0.3 is 0 Å². The van der Waals surface area contributed by atoms with Crippen LogP contribution in [-0.4, -0.2) is 73.8 Å². The maximum absolute atomic E-state index is 14.4. The fourth-order valence-corrected chi connectivity index (χ4v) is 6.67. The molecule has 266 valence electrons. The first-order valence-corrected chi connectivity index (χ1v) is 17.2. The molecule has 1 aromatic carbocycles. The zero-order valence-electron chi connectivity index (χ0n) is 29.5. The second-order valence-corrected chi connectivity index (χ2v) is 12.3. The lowest BCUT2D eigenvalue weighted by molar-refractivity contribution is 0.228. The molecule has 0 amide bonds. The van der Waals surface area contributed by atoms with Crippen LogP contribution in [0.5, 0.6) is 11.5 Å². The molecule has 0 atom stereocenters. The molecule has 6 bridgehead atoms. The van der Waals surface area contributed by atoms with Gasteiger partial charge in [-0.1, -0.05) is 13.8 Å². The van der Waals surface area contributed by atoms with Crippen LogP contribution in [0.15, 0.2) is 34.0 Å².